The number of benzene rings is 1. The molecule has 0 bridgehead atoms. The molecule has 20 heavy (non-hydrogen) atoms. The van der Waals surface area contributed by atoms with E-state index in [2.05, 4.69) is 54.9 Å². The van der Waals surface area contributed by atoms with E-state index in [9.17, 15) is 0 Å². The highest BCUT2D eigenvalue weighted by molar-refractivity contribution is 7.11. The smallest absolute Gasteiger partial charge is 0.0270 e. The van der Waals surface area contributed by atoms with E-state index in [1.165, 1.54) is 27.1 Å². The van der Waals surface area contributed by atoms with Gasteiger partial charge < -0.3 is 0 Å². The molecule has 1 heterocycles. The fraction of sp³-hybridized carbons (Fsp3) is 0.0526. The monoisotopic (exact) mass is 278 g/mol. The molecule has 0 amide bonds. The molecular weight excluding hydrogens is 260 g/mol. The Bertz CT molecular complexity index is 651. The molecular formula is C19H18S. The highest BCUT2D eigenvalue weighted by atomic mass is 32.1. The Labute approximate surface area is 125 Å². The van der Waals surface area contributed by atoms with Gasteiger partial charge in [0.15, 0.2) is 0 Å². The summed E-state index contributed by atoms with van der Waals surface area (Å²) in [7, 11) is 0. The Morgan fingerprint density at radius 1 is 1.10 bits per heavy atom. The third kappa shape index (κ3) is 3.25. The quantitative estimate of drug-likeness (QED) is 0.571. The molecule has 0 saturated carbocycles. The topological polar surface area (TPSA) is 0 Å². The van der Waals surface area contributed by atoms with Gasteiger partial charge in [-0.2, -0.15) is 0 Å². The molecule has 100 valence electrons. The van der Waals surface area contributed by atoms with Crippen molar-refractivity contribution in [2.24, 2.45) is 0 Å². The van der Waals surface area contributed by atoms with Crippen LogP contribution in [0.15, 0.2) is 73.2 Å². The number of thiophene rings is 1. The molecule has 1 aromatic carbocycles. The van der Waals surface area contributed by atoms with E-state index in [0.717, 1.165) is 0 Å². The van der Waals surface area contributed by atoms with Crippen molar-refractivity contribution in [3.05, 3.63) is 83.6 Å². The van der Waals surface area contributed by atoms with Gasteiger partial charge >= 0.3 is 0 Å². The minimum atomic E-state index is 1.17. The molecule has 0 atom stereocenters. The summed E-state index contributed by atoms with van der Waals surface area (Å²) in [6.45, 7) is 9.59. The van der Waals surface area contributed by atoms with Crippen molar-refractivity contribution in [2.45, 2.75) is 6.92 Å². The summed E-state index contributed by atoms with van der Waals surface area (Å²) in [5.41, 5.74) is 4.85. The van der Waals surface area contributed by atoms with E-state index < -0.39 is 0 Å². The normalized spacial score (nSPS) is 11.8. The van der Waals surface area contributed by atoms with Crippen molar-refractivity contribution in [1.82, 2.24) is 0 Å². The van der Waals surface area contributed by atoms with E-state index in [4.69, 9.17) is 0 Å². The summed E-state index contributed by atoms with van der Waals surface area (Å²) in [6.07, 6.45) is 9.86. The molecule has 0 aliphatic heterocycles. The van der Waals surface area contributed by atoms with E-state index in [1.807, 2.05) is 31.2 Å². The highest BCUT2D eigenvalue weighted by Crippen LogP contribution is 2.27. The maximum Gasteiger partial charge on any atom is 0.0270 e. The molecule has 0 fully saturated rings. The van der Waals surface area contributed by atoms with Crippen LogP contribution in [0, 0.1) is 0 Å². The maximum atomic E-state index is 3.80. The molecule has 0 nitrogen and oxygen atoms in total. The van der Waals surface area contributed by atoms with Crippen molar-refractivity contribution in [1.29, 1.82) is 0 Å². The van der Waals surface area contributed by atoms with Gasteiger partial charge in [0.2, 0.25) is 0 Å². The second-order valence-corrected chi connectivity index (χ2v) is 5.32. The zero-order valence-corrected chi connectivity index (χ0v) is 12.5. The molecule has 0 N–H and O–H groups in total. The zero-order valence-electron chi connectivity index (χ0n) is 11.7. The molecule has 0 saturated heterocycles. The van der Waals surface area contributed by atoms with Crippen LogP contribution in [-0.4, -0.2) is 0 Å². The summed E-state index contributed by atoms with van der Waals surface area (Å²) in [5.74, 6) is 0. The van der Waals surface area contributed by atoms with Gasteiger partial charge in [0.05, 0.1) is 0 Å². The van der Waals surface area contributed by atoms with Crippen LogP contribution in [-0.2, 0) is 0 Å². The lowest BCUT2D eigenvalue weighted by molar-refractivity contribution is 1.59. The van der Waals surface area contributed by atoms with Gasteiger partial charge in [0, 0.05) is 4.88 Å². The minimum absolute atomic E-state index is 1.17. The second kappa shape index (κ2) is 6.88. The fourth-order valence-corrected chi connectivity index (χ4v) is 2.78. The van der Waals surface area contributed by atoms with Crippen LogP contribution in [0.3, 0.4) is 0 Å². The zero-order chi connectivity index (χ0) is 14.4. The maximum absolute atomic E-state index is 3.80. The largest absolute Gasteiger partial charge is 0.144 e. The Kier molecular flexibility index (Phi) is 4.91. The van der Waals surface area contributed by atoms with Crippen LogP contribution in [0.5, 0.6) is 0 Å². The lowest BCUT2D eigenvalue weighted by atomic mass is 10.0. The molecule has 0 unspecified atom stereocenters. The molecule has 0 aliphatic carbocycles. The summed E-state index contributed by atoms with van der Waals surface area (Å²) < 4.78 is 0. The summed E-state index contributed by atoms with van der Waals surface area (Å²) in [5, 5.41) is 2.17. The van der Waals surface area contributed by atoms with E-state index in [1.54, 1.807) is 11.3 Å². The standard InChI is InChI=1S/C19H18S/c1-4-7-15(8-5-2)16-9-11-17(12-10-16)18-13-19(6-3)20-14-18/h4-14H,1,3H2,2H3/b8-5-,15-7+. The lowest BCUT2D eigenvalue weighted by Gasteiger charge is -2.04. The summed E-state index contributed by atoms with van der Waals surface area (Å²) in [6, 6.07) is 10.8. The van der Waals surface area contributed by atoms with Crippen molar-refractivity contribution >= 4 is 23.0 Å². The number of rotatable bonds is 5. The highest BCUT2D eigenvalue weighted by Gasteiger charge is 2.02. The van der Waals surface area contributed by atoms with Crippen LogP contribution in [0.2, 0.25) is 0 Å². The van der Waals surface area contributed by atoms with Gasteiger partial charge in [-0.05, 0) is 40.6 Å². The van der Waals surface area contributed by atoms with E-state index >= 15 is 0 Å². The SMILES string of the molecule is C=C/C=C(\C=C/C)c1ccc(-c2csc(C=C)c2)cc1. The molecule has 1 aromatic heterocycles. The number of hydrogen-bond acceptors (Lipinski definition) is 1. The molecule has 0 aliphatic rings. The van der Waals surface area contributed by atoms with Crippen LogP contribution in [0.4, 0.5) is 0 Å². The fourth-order valence-electron chi connectivity index (χ4n) is 2.02. The van der Waals surface area contributed by atoms with Gasteiger partial charge in [-0.15, -0.1) is 11.3 Å². The first kappa shape index (κ1) is 14.3. The third-order valence-electron chi connectivity index (χ3n) is 3.02. The third-order valence-corrected chi connectivity index (χ3v) is 3.94. The molecule has 2 rings (SSSR count). The van der Waals surface area contributed by atoms with Gasteiger partial charge in [0.1, 0.15) is 0 Å². The van der Waals surface area contributed by atoms with Crippen molar-refractivity contribution in [3.63, 3.8) is 0 Å². The van der Waals surface area contributed by atoms with Gasteiger partial charge in [-0.25, -0.2) is 0 Å². The lowest BCUT2D eigenvalue weighted by Crippen LogP contribution is -1.81. The average Bonchev–Trinajstić information content (AvgIpc) is 2.96. The minimum Gasteiger partial charge on any atom is -0.144 e. The van der Waals surface area contributed by atoms with Gasteiger partial charge in [-0.3, -0.25) is 0 Å². The van der Waals surface area contributed by atoms with Crippen LogP contribution in [0.1, 0.15) is 17.4 Å². The first-order valence-electron chi connectivity index (χ1n) is 6.55. The van der Waals surface area contributed by atoms with Gasteiger partial charge in [0.25, 0.3) is 0 Å². The predicted molar refractivity (Wildman–Crippen MR) is 92.8 cm³/mol. The van der Waals surface area contributed by atoms with Crippen molar-refractivity contribution in [3.8, 4) is 11.1 Å². The van der Waals surface area contributed by atoms with Crippen molar-refractivity contribution in [2.75, 3.05) is 0 Å². The van der Waals surface area contributed by atoms with E-state index in [-0.39, 0.29) is 0 Å². The first-order valence-corrected chi connectivity index (χ1v) is 7.43. The van der Waals surface area contributed by atoms with Gasteiger partial charge in [-0.1, -0.05) is 67.8 Å². The Hall–Kier alpha value is -2.12. The first-order chi connectivity index (χ1) is 9.78. The predicted octanol–water partition coefficient (Wildman–Crippen LogP) is 6.20. The summed E-state index contributed by atoms with van der Waals surface area (Å²) >= 11 is 1.72. The Morgan fingerprint density at radius 3 is 2.40 bits per heavy atom. The van der Waals surface area contributed by atoms with Crippen LogP contribution in [0.25, 0.3) is 22.8 Å². The van der Waals surface area contributed by atoms with Crippen LogP contribution < -0.4 is 0 Å². The molecule has 0 radical (unpaired) electrons. The van der Waals surface area contributed by atoms with Crippen LogP contribution >= 0.6 is 11.3 Å². The number of allylic oxidation sites excluding steroid dienone is 5. The average molecular weight is 278 g/mol. The van der Waals surface area contributed by atoms with E-state index in [0.29, 0.717) is 0 Å². The molecule has 0 spiro atoms. The summed E-state index contributed by atoms with van der Waals surface area (Å²) in [4.78, 5) is 1.20. The van der Waals surface area contributed by atoms with Crippen molar-refractivity contribution < 1.29 is 0 Å². The molecule has 1 heteroatoms. The Morgan fingerprint density at radius 2 is 1.85 bits per heavy atom. The second-order valence-electron chi connectivity index (χ2n) is 4.38. The molecule has 2 aromatic rings. The Balaban J connectivity index is 2.31. The number of hydrogen-bond donors (Lipinski definition) is 0.